The van der Waals surface area contributed by atoms with E-state index in [1.807, 2.05) is 30.3 Å². The molecule has 0 aliphatic heterocycles. The molecule has 0 atom stereocenters. The predicted molar refractivity (Wildman–Crippen MR) is 46.8 cm³/mol. The summed E-state index contributed by atoms with van der Waals surface area (Å²) in [6, 6.07) is 9.25. The number of aliphatic hydroxyl groups is 1. The van der Waals surface area contributed by atoms with E-state index in [0.717, 1.165) is 5.69 Å². The van der Waals surface area contributed by atoms with Crippen LogP contribution in [0.4, 0.5) is 5.69 Å². The molecule has 0 heterocycles. The van der Waals surface area contributed by atoms with Crippen LogP contribution in [-0.2, 0) is 4.79 Å². The summed E-state index contributed by atoms with van der Waals surface area (Å²) in [4.78, 5) is 9.97. The van der Waals surface area contributed by atoms with Gasteiger partial charge in [-0.05, 0) is 12.1 Å². The SMILES string of the molecule is O=C/C(O)=C/Nc1ccccc1. The average Bonchev–Trinajstić information content (AvgIpc) is 2.16. The van der Waals surface area contributed by atoms with Crippen LogP contribution in [0.1, 0.15) is 0 Å². The maximum atomic E-state index is 9.97. The van der Waals surface area contributed by atoms with Crippen molar-refractivity contribution < 1.29 is 9.90 Å². The first-order valence-corrected chi connectivity index (χ1v) is 3.49. The third kappa shape index (κ3) is 2.46. The van der Waals surface area contributed by atoms with Gasteiger partial charge in [0.2, 0.25) is 0 Å². The van der Waals surface area contributed by atoms with Gasteiger partial charge in [0, 0.05) is 11.9 Å². The molecule has 0 spiro atoms. The topological polar surface area (TPSA) is 49.3 Å². The average molecular weight is 163 g/mol. The second kappa shape index (κ2) is 4.18. The fourth-order valence-corrected chi connectivity index (χ4v) is 0.726. The van der Waals surface area contributed by atoms with E-state index in [-0.39, 0.29) is 5.76 Å². The number of rotatable bonds is 3. The zero-order valence-corrected chi connectivity index (χ0v) is 6.40. The highest BCUT2D eigenvalue weighted by Gasteiger charge is 1.87. The van der Waals surface area contributed by atoms with Crippen molar-refractivity contribution in [1.82, 2.24) is 0 Å². The first-order chi connectivity index (χ1) is 5.83. The molecule has 1 rings (SSSR count). The minimum Gasteiger partial charge on any atom is -0.504 e. The van der Waals surface area contributed by atoms with E-state index in [1.165, 1.54) is 6.20 Å². The van der Waals surface area contributed by atoms with Crippen LogP contribution in [-0.4, -0.2) is 11.4 Å². The number of carbonyl (C=O) groups excluding carboxylic acids is 1. The molecule has 0 aliphatic carbocycles. The fourth-order valence-electron chi connectivity index (χ4n) is 0.726. The van der Waals surface area contributed by atoms with Gasteiger partial charge in [-0.25, -0.2) is 0 Å². The van der Waals surface area contributed by atoms with Gasteiger partial charge in [0.05, 0.1) is 0 Å². The molecule has 62 valence electrons. The standard InChI is InChI=1S/C9H9NO2/c11-7-9(12)6-10-8-4-2-1-3-5-8/h1-7,10,12H/b9-6-. The maximum absolute atomic E-state index is 9.97. The summed E-state index contributed by atoms with van der Waals surface area (Å²) in [6.45, 7) is 0. The van der Waals surface area contributed by atoms with Gasteiger partial charge < -0.3 is 10.4 Å². The number of anilines is 1. The van der Waals surface area contributed by atoms with Gasteiger partial charge in [-0.1, -0.05) is 18.2 Å². The van der Waals surface area contributed by atoms with Crippen molar-refractivity contribution in [2.24, 2.45) is 0 Å². The molecule has 0 radical (unpaired) electrons. The number of hydrogen-bond donors (Lipinski definition) is 2. The number of allylic oxidation sites excluding steroid dienone is 1. The molecular formula is C9H9NO2. The Hall–Kier alpha value is -1.77. The molecule has 0 aliphatic rings. The fraction of sp³-hybridized carbons (Fsp3) is 0. The van der Waals surface area contributed by atoms with E-state index in [0.29, 0.717) is 6.29 Å². The molecule has 12 heavy (non-hydrogen) atoms. The summed E-state index contributed by atoms with van der Waals surface area (Å²) in [5.41, 5.74) is 0.825. The number of carbonyl (C=O) groups is 1. The Morgan fingerprint density at radius 2 is 2.00 bits per heavy atom. The molecule has 0 saturated heterocycles. The minimum atomic E-state index is -0.321. The van der Waals surface area contributed by atoms with Gasteiger partial charge in [-0.15, -0.1) is 0 Å². The lowest BCUT2D eigenvalue weighted by Crippen LogP contribution is -1.91. The van der Waals surface area contributed by atoms with Crippen LogP contribution < -0.4 is 5.32 Å². The van der Waals surface area contributed by atoms with Crippen molar-refractivity contribution >= 4 is 12.0 Å². The summed E-state index contributed by atoms with van der Waals surface area (Å²) >= 11 is 0. The van der Waals surface area contributed by atoms with Crippen LogP contribution in [0, 0.1) is 0 Å². The number of nitrogens with one attached hydrogen (secondary N) is 1. The van der Waals surface area contributed by atoms with Crippen LogP contribution in [0.25, 0.3) is 0 Å². The first kappa shape index (κ1) is 8.33. The summed E-state index contributed by atoms with van der Waals surface area (Å²) < 4.78 is 0. The van der Waals surface area contributed by atoms with Crippen molar-refractivity contribution in [3.05, 3.63) is 42.3 Å². The van der Waals surface area contributed by atoms with Crippen LogP contribution in [0.2, 0.25) is 0 Å². The molecule has 1 aromatic rings. The zero-order valence-electron chi connectivity index (χ0n) is 6.40. The molecule has 0 fully saturated rings. The Kier molecular flexibility index (Phi) is 2.90. The zero-order chi connectivity index (χ0) is 8.81. The lowest BCUT2D eigenvalue weighted by Gasteiger charge is -1.98. The molecule has 0 bridgehead atoms. The molecule has 3 heteroatoms. The van der Waals surface area contributed by atoms with Crippen LogP contribution in [0.3, 0.4) is 0 Å². The molecule has 2 N–H and O–H groups in total. The van der Waals surface area contributed by atoms with Gasteiger partial charge in [0.15, 0.2) is 12.0 Å². The van der Waals surface area contributed by atoms with Gasteiger partial charge in [0.25, 0.3) is 0 Å². The Balaban J connectivity index is 2.60. The lowest BCUT2D eigenvalue weighted by molar-refractivity contribution is -0.106. The van der Waals surface area contributed by atoms with E-state index < -0.39 is 0 Å². The van der Waals surface area contributed by atoms with Crippen LogP contribution >= 0.6 is 0 Å². The van der Waals surface area contributed by atoms with E-state index in [4.69, 9.17) is 5.11 Å². The number of aliphatic hydroxyl groups excluding tert-OH is 1. The third-order valence-electron chi connectivity index (χ3n) is 1.28. The largest absolute Gasteiger partial charge is 0.504 e. The minimum absolute atomic E-state index is 0.321. The summed E-state index contributed by atoms with van der Waals surface area (Å²) in [5, 5.41) is 11.5. The first-order valence-electron chi connectivity index (χ1n) is 3.49. The molecule has 0 amide bonds. The number of para-hydroxylation sites is 1. The van der Waals surface area contributed by atoms with E-state index in [2.05, 4.69) is 5.32 Å². The molecule has 1 aromatic carbocycles. The monoisotopic (exact) mass is 163 g/mol. The lowest BCUT2D eigenvalue weighted by atomic mass is 10.3. The summed E-state index contributed by atoms with van der Waals surface area (Å²) in [5.74, 6) is -0.321. The number of benzene rings is 1. The normalized spacial score (nSPS) is 10.8. The quantitative estimate of drug-likeness (QED) is 0.405. The molecule has 0 unspecified atom stereocenters. The maximum Gasteiger partial charge on any atom is 0.185 e. The van der Waals surface area contributed by atoms with Gasteiger partial charge in [-0.2, -0.15) is 0 Å². The Labute approximate surface area is 70.3 Å². The van der Waals surface area contributed by atoms with Crippen molar-refractivity contribution in [3.8, 4) is 0 Å². The van der Waals surface area contributed by atoms with Gasteiger partial charge in [0.1, 0.15) is 0 Å². The van der Waals surface area contributed by atoms with Crippen LogP contribution in [0.5, 0.6) is 0 Å². The third-order valence-corrected chi connectivity index (χ3v) is 1.28. The smallest absolute Gasteiger partial charge is 0.185 e. The number of hydrogen-bond acceptors (Lipinski definition) is 3. The van der Waals surface area contributed by atoms with E-state index in [9.17, 15) is 4.79 Å². The van der Waals surface area contributed by atoms with E-state index in [1.54, 1.807) is 0 Å². The van der Waals surface area contributed by atoms with Gasteiger partial charge in [-0.3, -0.25) is 4.79 Å². The molecule has 3 nitrogen and oxygen atoms in total. The summed E-state index contributed by atoms with van der Waals surface area (Å²) in [6.07, 6.45) is 1.61. The highest BCUT2D eigenvalue weighted by atomic mass is 16.3. The predicted octanol–water partition coefficient (Wildman–Crippen LogP) is 1.70. The van der Waals surface area contributed by atoms with Crippen molar-refractivity contribution in [2.75, 3.05) is 5.32 Å². The Morgan fingerprint density at radius 3 is 2.58 bits per heavy atom. The van der Waals surface area contributed by atoms with Crippen LogP contribution in [0.15, 0.2) is 42.3 Å². The highest BCUT2D eigenvalue weighted by Crippen LogP contribution is 2.04. The Bertz CT molecular complexity index is 280. The van der Waals surface area contributed by atoms with Crippen molar-refractivity contribution in [1.29, 1.82) is 0 Å². The molecule has 0 saturated carbocycles. The van der Waals surface area contributed by atoms with E-state index >= 15 is 0 Å². The molecular weight excluding hydrogens is 154 g/mol. The van der Waals surface area contributed by atoms with Gasteiger partial charge >= 0.3 is 0 Å². The van der Waals surface area contributed by atoms with Crippen molar-refractivity contribution in [3.63, 3.8) is 0 Å². The highest BCUT2D eigenvalue weighted by molar-refractivity contribution is 5.70. The molecule has 0 aromatic heterocycles. The number of aldehydes is 1. The second-order valence-corrected chi connectivity index (χ2v) is 2.20. The Morgan fingerprint density at radius 1 is 1.33 bits per heavy atom. The summed E-state index contributed by atoms with van der Waals surface area (Å²) in [7, 11) is 0. The second-order valence-electron chi connectivity index (χ2n) is 2.20. The van der Waals surface area contributed by atoms with Crippen molar-refractivity contribution in [2.45, 2.75) is 0 Å².